The minimum absolute atomic E-state index is 0.245. The number of pyridine rings is 1. The van der Waals surface area contributed by atoms with Crippen molar-refractivity contribution in [3.63, 3.8) is 0 Å². The molecule has 3 aromatic rings. The highest BCUT2D eigenvalue weighted by atomic mass is 16.6. The molecule has 0 unspecified atom stereocenters. The number of ether oxygens (including phenoxy) is 2. The molecule has 2 aromatic heterocycles. The molecule has 1 atom stereocenters. The fourth-order valence-electron chi connectivity index (χ4n) is 2.57. The molecular weight excluding hydrogens is 332 g/mol. The van der Waals surface area contributed by atoms with Crippen LogP contribution in [0.2, 0.25) is 0 Å². The van der Waals surface area contributed by atoms with Crippen LogP contribution < -0.4 is 14.8 Å². The quantitative estimate of drug-likeness (QED) is 0.777. The molecule has 130 valence electrons. The number of carbonyl (C=O) groups excluding carboxylic acids is 1. The van der Waals surface area contributed by atoms with E-state index in [9.17, 15) is 4.79 Å². The van der Waals surface area contributed by atoms with E-state index in [2.05, 4.69) is 20.3 Å². The van der Waals surface area contributed by atoms with E-state index in [0.717, 1.165) is 11.3 Å². The van der Waals surface area contributed by atoms with Crippen LogP contribution in [-0.4, -0.2) is 40.1 Å². The molecule has 0 aliphatic carbocycles. The fraction of sp³-hybridized carbons (Fsp3) is 0.158. The van der Waals surface area contributed by atoms with Gasteiger partial charge in [-0.15, -0.1) is 0 Å². The molecule has 1 amide bonds. The van der Waals surface area contributed by atoms with Crippen molar-refractivity contribution in [2.75, 3.05) is 13.2 Å². The van der Waals surface area contributed by atoms with Crippen molar-refractivity contribution in [3.8, 4) is 22.9 Å². The maximum absolute atomic E-state index is 12.3. The second-order valence-electron chi connectivity index (χ2n) is 5.74. The number of fused-ring (bicyclic) bond motifs is 1. The molecule has 7 heteroatoms. The Bertz CT molecular complexity index is 900. The predicted octanol–water partition coefficient (Wildman–Crippen LogP) is 2.11. The van der Waals surface area contributed by atoms with E-state index in [4.69, 9.17) is 9.47 Å². The first-order valence-corrected chi connectivity index (χ1v) is 8.19. The SMILES string of the molecule is O=C(NC[C@@H]1COc2ccccc2O1)c1cnc(-c2ccncc2)nc1. The van der Waals surface area contributed by atoms with Crippen LogP contribution in [-0.2, 0) is 0 Å². The third kappa shape index (κ3) is 3.46. The van der Waals surface area contributed by atoms with E-state index in [1.165, 1.54) is 12.4 Å². The van der Waals surface area contributed by atoms with Crippen molar-refractivity contribution in [1.82, 2.24) is 20.3 Å². The highest BCUT2D eigenvalue weighted by molar-refractivity contribution is 5.93. The number of nitrogens with one attached hydrogen (secondary N) is 1. The summed E-state index contributed by atoms with van der Waals surface area (Å²) in [5, 5.41) is 2.82. The maximum Gasteiger partial charge on any atom is 0.254 e. The van der Waals surface area contributed by atoms with Gasteiger partial charge >= 0.3 is 0 Å². The van der Waals surface area contributed by atoms with Gasteiger partial charge in [-0.1, -0.05) is 12.1 Å². The summed E-state index contributed by atoms with van der Waals surface area (Å²) in [6.45, 7) is 0.716. The molecule has 1 aromatic carbocycles. The van der Waals surface area contributed by atoms with Gasteiger partial charge in [0.05, 0.1) is 12.1 Å². The highest BCUT2D eigenvalue weighted by Gasteiger charge is 2.21. The van der Waals surface area contributed by atoms with Crippen molar-refractivity contribution in [1.29, 1.82) is 0 Å². The van der Waals surface area contributed by atoms with Crippen LogP contribution in [0.1, 0.15) is 10.4 Å². The number of hydrogen-bond donors (Lipinski definition) is 1. The molecule has 1 N–H and O–H groups in total. The Morgan fingerprint density at radius 1 is 1.08 bits per heavy atom. The number of para-hydroxylation sites is 2. The maximum atomic E-state index is 12.3. The van der Waals surface area contributed by atoms with E-state index >= 15 is 0 Å². The third-order valence-corrected chi connectivity index (χ3v) is 3.91. The summed E-state index contributed by atoms with van der Waals surface area (Å²) < 4.78 is 11.5. The summed E-state index contributed by atoms with van der Waals surface area (Å²) in [6.07, 6.45) is 6.11. The molecule has 1 aliphatic heterocycles. The zero-order valence-electron chi connectivity index (χ0n) is 13.8. The average molecular weight is 348 g/mol. The van der Waals surface area contributed by atoms with Crippen LogP contribution in [0.15, 0.2) is 61.2 Å². The Labute approximate surface area is 150 Å². The van der Waals surface area contributed by atoms with Crippen LogP contribution in [0.4, 0.5) is 0 Å². The second kappa shape index (κ2) is 7.18. The van der Waals surface area contributed by atoms with Crippen molar-refractivity contribution >= 4 is 5.91 Å². The van der Waals surface area contributed by atoms with Crippen molar-refractivity contribution in [3.05, 3.63) is 66.7 Å². The number of hydrogen-bond acceptors (Lipinski definition) is 6. The Hall–Kier alpha value is -3.48. The lowest BCUT2D eigenvalue weighted by molar-refractivity contribution is 0.0789. The molecule has 0 fully saturated rings. The van der Waals surface area contributed by atoms with E-state index < -0.39 is 0 Å². The Morgan fingerprint density at radius 2 is 1.81 bits per heavy atom. The van der Waals surface area contributed by atoms with Gasteiger partial charge in [0.15, 0.2) is 17.3 Å². The van der Waals surface area contributed by atoms with Gasteiger partial charge in [-0.05, 0) is 24.3 Å². The molecular formula is C19H16N4O3. The molecule has 0 radical (unpaired) electrons. The van der Waals surface area contributed by atoms with Gasteiger partial charge in [0, 0.05) is 30.4 Å². The minimum atomic E-state index is -0.256. The van der Waals surface area contributed by atoms with E-state index in [1.54, 1.807) is 12.4 Å². The fourth-order valence-corrected chi connectivity index (χ4v) is 2.57. The Balaban J connectivity index is 1.35. The number of benzene rings is 1. The van der Waals surface area contributed by atoms with Gasteiger partial charge in [-0.3, -0.25) is 9.78 Å². The van der Waals surface area contributed by atoms with E-state index in [1.807, 2.05) is 36.4 Å². The van der Waals surface area contributed by atoms with Crippen LogP contribution in [0.3, 0.4) is 0 Å². The lowest BCUT2D eigenvalue weighted by Crippen LogP contribution is -2.40. The first kappa shape index (κ1) is 16.0. The Kier molecular flexibility index (Phi) is 4.42. The van der Waals surface area contributed by atoms with Gasteiger partial charge in [0.2, 0.25) is 0 Å². The van der Waals surface area contributed by atoms with E-state index in [0.29, 0.717) is 30.3 Å². The summed E-state index contributed by atoms with van der Waals surface area (Å²) in [5.74, 6) is 1.69. The topological polar surface area (TPSA) is 86.2 Å². The average Bonchev–Trinajstić information content (AvgIpc) is 2.72. The molecule has 0 saturated carbocycles. The number of rotatable bonds is 4. The van der Waals surface area contributed by atoms with Crippen LogP contribution in [0, 0.1) is 0 Å². The summed E-state index contributed by atoms with van der Waals surface area (Å²) in [6, 6.07) is 11.1. The predicted molar refractivity (Wildman–Crippen MR) is 93.9 cm³/mol. The highest BCUT2D eigenvalue weighted by Crippen LogP contribution is 2.30. The molecule has 0 saturated heterocycles. The first-order valence-electron chi connectivity index (χ1n) is 8.19. The van der Waals surface area contributed by atoms with Crippen LogP contribution in [0.25, 0.3) is 11.4 Å². The number of aromatic nitrogens is 3. The third-order valence-electron chi connectivity index (χ3n) is 3.91. The molecule has 1 aliphatic rings. The van der Waals surface area contributed by atoms with Crippen LogP contribution >= 0.6 is 0 Å². The molecule has 0 bridgehead atoms. The smallest absolute Gasteiger partial charge is 0.254 e. The lowest BCUT2D eigenvalue weighted by Gasteiger charge is -2.26. The van der Waals surface area contributed by atoms with Crippen molar-refractivity contribution < 1.29 is 14.3 Å². The van der Waals surface area contributed by atoms with E-state index in [-0.39, 0.29) is 12.0 Å². The summed E-state index contributed by atoms with van der Waals surface area (Å²) >= 11 is 0. The number of nitrogens with zero attached hydrogens (tertiary/aromatic N) is 3. The monoisotopic (exact) mass is 348 g/mol. The summed E-state index contributed by atoms with van der Waals surface area (Å²) in [4.78, 5) is 24.7. The zero-order chi connectivity index (χ0) is 17.8. The summed E-state index contributed by atoms with van der Waals surface area (Å²) in [5.41, 5.74) is 1.23. The number of amides is 1. The summed E-state index contributed by atoms with van der Waals surface area (Å²) in [7, 11) is 0. The zero-order valence-corrected chi connectivity index (χ0v) is 13.8. The molecule has 3 heterocycles. The molecule has 4 rings (SSSR count). The molecule has 26 heavy (non-hydrogen) atoms. The largest absolute Gasteiger partial charge is 0.486 e. The standard InChI is InChI=1S/C19H16N4O3/c24-19(14-9-21-18(22-10-14)13-5-7-20-8-6-13)23-11-15-12-25-16-3-1-2-4-17(16)26-15/h1-10,15H,11-12H2,(H,23,24)/t15-/m1/s1. The van der Waals surface area contributed by atoms with Gasteiger partial charge in [-0.25, -0.2) is 9.97 Å². The second-order valence-corrected chi connectivity index (χ2v) is 5.74. The van der Waals surface area contributed by atoms with Crippen LogP contribution in [0.5, 0.6) is 11.5 Å². The number of carbonyl (C=O) groups is 1. The Morgan fingerprint density at radius 3 is 2.58 bits per heavy atom. The van der Waals surface area contributed by atoms with Gasteiger partial charge < -0.3 is 14.8 Å². The minimum Gasteiger partial charge on any atom is -0.486 e. The van der Waals surface area contributed by atoms with Crippen molar-refractivity contribution in [2.45, 2.75) is 6.10 Å². The lowest BCUT2D eigenvalue weighted by atomic mass is 10.2. The van der Waals surface area contributed by atoms with Gasteiger partial charge in [-0.2, -0.15) is 0 Å². The molecule has 0 spiro atoms. The van der Waals surface area contributed by atoms with Gasteiger partial charge in [0.1, 0.15) is 12.7 Å². The molecule has 7 nitrogen and oxygen atoms in total. The van der Waals surface area contributed by atoms with Gasteiger partial charge in [0.25, 0.3) is 5.91 Å². The van der Waals surface area contributed by atoms with Crippen molar-refractivity contribution in [2.24, 2.45) is 0 Å². The first-order chi connectivity index (χ1) is 12.8. The normalized spacial score (nSPS) is 15.3.